The molecule has 0 heterocycles. The molecule has 0 saturated carbocycles. The van der Waals surface area contributed by atoms with Crippen LogP contribution in [0.4, 0.5) is 23.7 Å². The number of aryl methyl sites for hydroxylation is 1. The molecule has 25 heavy (non-hydrogen) atoms. The van der Waals surface area contributed by atoms with Crippen molar-refractivity contribution in [3.05, 3.63) is 29.3 Å². The van der Waals surface area contributed by atoms with Crippen LogP contribution in [0.5, 0.6) is 0 Å². The molecule has 1 atom stereocenters. The smallest absolute Gasteiger partial charge is 0.444 e. The summed E-state index contributed by atoms with van der Waals surface area (Å²) >= 11 is 0. The number of alkyl halides is 3. The molecule has 0 saturated heterocycles. The molecule has 2 N–H and O–H groups in total. The number of hydrogen-bond acceptors (Lipinski definition) is 4. The van der Waals surface area contributed by atoms with Crippen molar-refractivity contribution in [3.63, 3.8) is 0 Å². The summed E-state index contributed by atoms with van der Waals surface area (Å²) in [7, 11) is -5.46. The number of hydrogen-bond donors (Lipinski definition) is 2. The molecular formula is C15H19F3N2O4S. The lowest BCUT2D eigenvalue weighted by Crippen LogP contribution is -2.34. The van der Waals surface area contributed by atoms with Crippen LogP contribution in [0.3, 0.4) is 0 Å². The third-order valence-corrected chi connectivity index (χ3v) is 4.58. The van der Waals surface area contributed by atoms with Gasteiger partial charge in [-0.25, -0.2) is 4.79 Å². The van der Waals surface area contributed by atoms with Crippen LogP contribution < -0.4 is 10.0 Å². The maximum atomic E-state index is 12.4. The molecule has 1 aliphatic carbocycles. The third-order valence-electron chi connectivity index (χ3n) is 3.47. The number of amides is 1. The van der Waals surface area contributed by atoms with Crippen molar-refractivity contribution < 1.29 is 31.1 Å². The van der Waals surface area contributed by atoms with Gasteiger partial charge in [0.25, 0.3) is 0 Å². The van der Waals surface area contributed by atoms with Gasteiger partial charge < -0.3 is 10.1 Å². The Labute approximate surface area is 143 Å². The number of alkyl carbamates (subject to hydrolysis) is 1. The predicted octanol–water partition coefficient (Wildman–Crippen LogP) is 3.46. The molecule has 0 radical (unpaired) electrons. The number of nitrogens with one attached hydrogen (secondary N) is 2. The summed E-state index contributed by atoms with van der Waals surface area (Å²) in [5.41, 5.74) is -4.81. The van der Waals surface area contributed by atoms with Crippen molar-refractivity contribution >= 4 is 21.8 Å². The van der Waals surface area contributed by atoms with E-state index in [2.05, 4.69) is 5.32 Å². The predicted molar refractivity (Wildman–Crippen MR) is 85.5 cm³/mol. The molecule has 1 aromatic carbocycles. The minimum absolute atomic E-state index is 0.172. The fourth-order valence-electron chi connectivity index (χ4n) is 2.49. The van der Waals surface area contributed by atoms with E-state index < -0.39 is 27.2 Å². The Morgan fingerprint density at radius 3 is 2.44 bits per heavy atom. The van der Waals surface area contributed by atoms with Crippen molar-refractivity contribution in [1.29, 1.82) is 0 Å². The van der Waals surface area contributed by atoms with Gasteiger partial charge in [-0.1, -0.05) is 6.07 Å². The van der Waals surface area contributed by atoms with E-state index in [1.807, 2.05) is 0 Å². The number of carbonyl (C=O) groups is 1. The van der Waals surface area contributed by atoms with Gasteiger partial charge in [0.2, 0.25) is 0 Å². The molecule has 1 amide bonds. The highest BCUT2D eigenvalue weighted by atomic mass is 32.2. The number of sulfonamides is 1. The second-order valence-corrected chi connectivity index (χ2v) is 8.38. The van der Waals surface area contributed by atoms with E-state index in [9.17, 15) is 26.4 Å². The van der Waals surface area contributed by atoms with Gasteiger partial charge in [-0.15, -0.1) is 0 Å². The molecule has 0 spiro atoms. The van der Waals surface area contributed by atoms with Crippen LogP contribution >= 0.6 is 0 Å². The minimum Gasteiger partial charge on any atom is -0.444 e. The Bertz CT molecular complexity index is 770. The summed E-state index contributed by atoms with van der Waals surface area (Å²) in [6.07, 6.45) is 0.453. The Hall–Kier alpha value is -1.97. The summed E-state index contributed by atoms with van der Waals surface area (Å²) < 4.78 is 66.3. The fourth-order valence-corrected chi connectivity index (χ4v) is 3.05. The van der Waals surface area contributed by atoms with Gasteiger partial charge in [-0.2, -0.15) is 21.6 Å². The number of rotatable bonds is 3. The monoisotopic (exact) mass is 380 g/mol. The van der Waals surface area contributed by atoms with Gasteiger partial charge in [0.1, 0.15) is 5.60 Å². The first kappa shape index (κ1) is 19.4. The molecule has 0 aliphatic heterocycles. The molecular weight excluding hydrogens is 361 g/mol. The quantitative estimate of drug-likeness (QED) is 0.841. The lowest BCUT2D eigenvalue weighted by molar-refractivity contribution is -0.0429. The molecule has 0 unspecified atom stereocenters. The van der Waals surface area contributed by atoms with E-state index in [-0.39, 0.29) is 11.7 Å². The molecule has 6 nitrogen and oxygen atoms in total. The van der Waals surface area contributed by atoms with E-state index in [0.717, 1.165) is 5.56 Å². The van der Waals surface area contributed by atoms with Crippen molar-refractivity contribution in [2.45, 2.75) is 50.8 Å². The molecule has 2 rings (SSSR count). The molecule has 1 aromatic rings. The molecule has 1 aliphatic rings. The van der Waals surface area contributed by atoms with Crippen molar-refractivity contribution in [2.75, 3.05) is 4.72 Å². The summed E-state index contributed by atoms with van der Waals surface area (Å²) in [5.74, 6) is 0. The first-order valence-corrected chi connectivity index (χ1v) is 8.98. The van der Waals surface area contributed by atoms with Crippen molar-refractivity contribution in [3.8, 4) is 0 Å². The number of anilines is 1. The summed E-state index contributed by atoms with van der Waals surface area (Å²) in [6.45, 7) is 5.19. The topological polar surface area (TPSA) is 84.5 Å². The zero-order valence-corrected chi connectivity index (χ0v) is 14.7. The Balaban J connectivity index is 2.12. The van der Waals surface area contributed by atoms with Crippen LogP contribution in [0.1, 0.15) is 44.4 Å². The largest absolute Gasteiger partial charge is 0.516 e. The minimum atomic E-state index is -5.46. The van der Waals surface area contributed by atoms with Crippen LogP contribution in [0.2, 0.25) is 0 Å². The van der Waals surface area contributed by atoms with E-state index in [1.165, 1.54) is 22.9 Å². The van der Waals surface area contributed by atoms with Gasteiger partial charge in [0, 0.05) is 5.69 Å². The van der Waals surface area contributed by atoms with Crippen LogP contribution in [-0.2, 0) is 21.2 Å². The summed E-state index contributed by atoms with van der Waals surface area (Å²) in [6, 6.07) is 3.74. The average molecular weight is 380 g/mol. The maximum Gasteiger partial charge on any atom is 0.516 e. The highest BCUT2D eigenvalue weighted by Crippen LogP contribution is 2.34. The van der Waals surface area contributed by atoms with Gasteiger partial charge in [-0.3, -0.25) is 4.72 Å². The van der Waals surface area contributed by atoms with Crippen LogP contribution in [-0.4, -0.2) is 25.6 Å². The first-order chi connectivity index (χ1) is 11.3. The van der Waals surface area contributed by atoms with Gasteiger partial charge in [-0.05, 0) is 56.9 Å². The standard InChI is InChI=1S/C15H19F3N2O4S/c1-14(2,3)24-13(21)19-12-7-4-9-8-10(5-6-11(9)12)20-25(22,23)15(16,17)18/h5-6,8,12,20H,4,7H2,1-3H3,(H,19,21)/t12-/m0/s1. The maximum absolute atomic E-state index is 12.4. The molecule has 10 heteroatoms. The summed E-state index contributed by atoms with van der Waals surface area (Å²) in [4.78, 5) is 11.8. The third kappa shape index (κ3) is 4.77. The Morgan fingerprint density at radius 1 is 1.24 bits per heavy atom. The van der Waals surface area contributed by atoms with Crippen LogP contribution in [0, 0.1) is 0 Å². The highest BCUT2D eigenvalue weighted by molar-refractivity contribution is 7.93. The van der Waals surface area contributed by atoms with E-state index >= 15 is 0 Å². The summed E-state index contributed by atoms with van der Waals surface area (Å²) in [5, 5.41) is 2.70. The van der Waals surface area contributed by atoms with E-state index in [1.54, 1.807) is 20.8 Å². The zero-order valence-electron chi connectivity index (χ0n) is 13.9. The second-order valence-electron chi connectivity index (χ2n) is 6.70. The molecule has 0 fully saturated rings. The van der Waals surface area contributed by atoms with Crippen LogP contribution in [0.25, 0.3) is 0 Å². The van der Waals surface area contributed by atoms with E-state index in [4.69, 9.17) is 4.74 Å². The number of ether oxygens (including phenoxy) is 1. The zero-order chi connectivity index (χ0) is 19.0. The van der Waals surface area contributed by atoms with Crippen LogP contribution in [0.15, 0.2) is 18.2 Å². The molecule has 0 bridgehead atoms. The van der Waals surface area contributed by atoms with Crippen molar-refractivity contribution in [2.24, 2.45) is 0 Å². The van der Waals surface area contributed by atoms with Gasteiger partial charge in [0.05, 0.1) is 6.04 Å². The molecule has 140 valence electrons. The Morgan fingerprint density at radius 2 is 1.88 bits per heavy atom. The number of carbonyl (C=O) groups excluding carboxylic acids is 1. The fraction of sp³-hybridized carbons (Fsp3) is 0.533. The normalized spacial score (nSPS) is 17.8. The number of halogens is 3. The SMILES string of the molecule is CC(C)(C)OC(=O)N[C@H]1CCc2cc(NS(=O)(=O)C(F)(F)F)ccc21. The average Bonchev–Trinajstić information content (AvgIpc) is 2.77. The highest BCUT2D eigenvalue weighted by Gasteiger charge is 2.46. The van der Waals surface area contributed by atoms with Gasteiger partial charge >= 0.3 is 21.6 Å². The van der Waals surface area contributed by atoms with Gasteiger partial charge in [0.15, 0.2) is 0 Å². The number of benzene rings is 1. The van der Waals surface area contributed by atoms with Crippen molar-refractivity contribution in [1.82, 2.24) is 5.32 Å². The lowest BCUT2D eigenvalue weighted by atomic mass is 10.1. The number of fused-ring (bicyclic) bond motifs is 1. The second kappa shape index (κ2) is 6.40. The van der Waals surface area contributed by atoms with E-state index in [0.29, 0.717) is 18.4 Å². The molecule has 0 aromatic heterocycles. The Kier molecular flexibility index (Phi) is 4.95. The lowest BCUT2D eigenvalue weighted by Gasteiger charge is -2.22. The first-order valence-electron chi connectivity index (χ1n) is 7.50.